The molecule has 3 aliphatic heterocycles. The molecule has 8 rings (SSSR count). The number of aliphatic hydroxyl groups is 3. The molecule has 3 aromatic carbocycles. The van der Waals surface area contributed by atoms with Gasteiger partial charge in [-0.3, -0.25) is 4.79 Å². The lowest BCUT2D eigenvalue weighted by Gasteiger charge is -2.53. The van der Waals surface area contributed by atoms with Crippen molar-refractivity contribution in [3.63, 3.8) is 0 Å². The molecule has 0 bridgehead atoms. The number of rotatable bonds is 8. The molecule has 53 heavy (non-hydrogen) atoms. The van der Waals surface area contributed by atoms with Gasteiger partial charge in [0.15, 0.2) is 5.78 Å². The van der Waals surface area contributed by atoms with Gasteiger partial charge in [-0.2, -0.15) is 0 Å². The second kappa shape index (κ2) is 14.0. The maximum Gasteiger partial charge on any atom is 0.335 e. The van der Waals surface area contributed by atoms with E-state index in [-0.39, 0.29) is 58.7 Å². The average Bonchev–Trinajstić information content (AvgIpc) is 3.50. The summed E-state index contributed by atoms with van der Waals surface area (Å²) in [7, 11) is 0. The predicted octanol–water partition coefficient (Wildman–Crippen LogP) is 4.89. The lowest BCUT2D eigenvalue weighted by molar-refractivity contribution is -0.325. The first-order chi connectivity index (χ1) is 25.5. The van der Waals surface area contributed by atoms with Crippen LogP contribution in [0.5, 0.6) is 11.5 Å². The number of hydrogen-bond donors (Lipinski definition) is 5. The molecule has 3 fully saturated rings. The van der Waals surface area contributed by atoms with Crippen LogP contribution in [0.15, 0.2) is 71.3 Å². The number of benzene rings is 3. The van der Waals surface area contributed by atoms with Crippen molar-refractivity contribution >= 4 is 22.5 Å². The number of hydrogen-bond acceptors (Lipinski definition) is 10. The van der Waals surface area contributed by atoms with E-state index in [0.29, 0.717) is 48.8 Å². The second-order valence-electron chi connectivity index (χ2n) is 15.4. The number of phenols is 1. The Balaban J connectivity index is 1.11. The zero-order valence-corrected chi connectivity index (χ0v) is 29.9. The fourth-order valence-corrected chi connectivity index (χ4v) is 9.85. The number of ketones is 1. The van der Waals surface area contributed by atoms with Gasteiger partial charge >= 0.3 is 5.97 Å². The molecule has 11 nitrogen and oxygen atoms in total. The van der Waals surface area contributed by atoms with Crippen LogP contribution in [-0.4, -0.2) is 93.9 Å². The van der Waals surface area contributed by atoms with Crippen LogP contribution in [0.2, 0.25) is 0 Å². The van der Waals surface area contributed by atoms with Gasteiger partial charge < -0.3 is 44.5 Å². The number of fused-ring (bicyclic) bond motifs is 3. The summed E-state index contributed by atoms with van der Waals surface area (Å²) in [5.74, 6) is -1.22. The van der Waals surface area contributed by atoms with Gasteiger partial charge in [-0.15, -0.1) is 0 Å². The van der Waals surface area contributed by atoms with E-state index in [4.69, 9.17) is 18.9 Å². The van der Waals surface area contributed by atoms with Gasteiger partial charge in [0.05, 0.1) is 36.3 Å². The smallest absolute Gasteiger partial charge is 0.335 e. The molecule has 0 radical (unpaired) electrons. The quantitative estimate of drug-likeness (QED) is 0.200. The van der Waals surface area contributed by atoms with Crippen molar-refractivity contribution in [1.82, 2.24) is 0 Å². The molecule has 3 heterocycles. The van der Waals surface area contributed by atoms with Crippen LogP contribution in [0.3, 0.4) is 0 Å². The van der Waals surface area contributed by atoms with Gasteiger partial charge in [0, 0.05) is 18.9 Å². The molecule has 5 aliphatic rings. The third kappa shape index (κ3) is 5.98. The Bertz CT molecular complexity index is 2000. The first kappa shape index (κ1) is 35.9. The van der Waals surface area contributed by atoms with Crippen LogP contribution >= 0.6 is 0 Å². The first-order valence-corrected chi connectivity index (χ1v) is 18.6. The van der Waals surface area contributed by atoms with Gasteiger partial charge in [0.2, 0.25) is 6.29 Å². The number of aryl methyl sites for hydroxylation is 2. The molecule has 280 valence electrons. The number of aromatic hydroxyl groups is 1. The highest BCUT2D eigenvalue weighted by atomic mass is 16.7. The Morgan fingerprint density at radius 2 is 1.87 bits per heavy atom. The Hall–Kier alpha value is -4.10. The molecule has 5 N–H and O–H groups in total. The van der Waals surface area contributed by atoms with Crippen molar-refractivity contribution in [2.24, 2.45) is 23.7 Å². The van der Waals surface area contributed by atoms with Gasteiger partial charge in [0.1, 0.15) is 35.4 Å². The maximum atomic E-state index is 13.6. The number of carboxylic acids is 1. The van der Waals surface area contributed by atoms with Crippen molar-refractivity contribution in [3.05, 3.63) is 93.6 Å². The third-order valence-corrected chi connectivity index (χ3v) is 12.5. The molecular weight excluding hydrogens is 680 g/mol. The number of aliphatic hydroxyl groups excluding tert-OH is 3. The van der Waals surface area contributed by atoms with E-state index < -0.39 is 42.8 Å². The SMILES string of the molecule is Cc1cc2cc(C(=O)O)cc(OC3OC(CO)C4(CC5C6=C(CC=C6C6COCCC6C5C)CO4)C(O)C3O)c2c(O)c1C(=O)CCc1ccccc1. The topological polar surface area (TPSA) is 172 Å². The van der Waals surface area contributed by atoms with E-state index in [9.17, 15) is 35.1 Å². The molecule has 11 heteroatoms. The standard InChI is InChI=1S/C42H46O11/c1-21-14-25-15-26(40(48)49)16-32(36(25)37(45)34(21)31(44)11-8-23-6-4-3-5-7-23)52-41-38(46)39(47)42(33(18-43)53-41)17-29-22(2)27-12-13-50-20-30(27)28-10-9-24(19-51-42)35(28)29/h3-7,10,14-16,22,27,29-30,33,38-39,41,43,45-47H,8-9,11-13,17-20H2,1-2H3,(H,48,49). The zero-order valence-electron chi connectivity index (χ0n) is 29.9. The highest BCUT2D eigenvalue weighted by Gasteiger charge is 2.61. The fraction of sp³-hybridized carbons (Fsp3) is 0.476. The zero-order chi connectivity index (χ0) is 37.2. The van der Waals surface area contributed by atoms with Gasteiger partial charge in [-0.05, 0) is 95.7 Å². The summed E-state index contributed by atoms with van der Waals surface area (Å²) in [4.78, 5) is 25.8. The molecule has 0 amide bonds. The number of Topliss-reactive ketones (excluding diaryl/α,β-unsaturated/α-hetero) is 1. The molecule has 3 aromatic rings. The second-order valence-corrected chi connectivity index (χ2v) is 15.4. The number of carboxylic acid groups (broad SMARTS) is 1. The molecule has 1 spiro atoms. The number of carbonyl (C=O) groups excluding carboxylic acids is 1. The Morgan fingerprint density at radius 3 is 2.62 bits per heavy atom. The number of carbonyl (C=O) groups is 2. The van der Waals surface area contributed by atoms with E-state index in [0.717, 1.165) is 24.0 Å². The lowest BCUT2D eigenvalue weighted by Crippen LogP contribution is -2.69. The largest absolute Gasteiger partial charge is 0.506 e. The summed E-state index contributed by atoms with van der Waals surface area (Å²) in [6.45, 7) is 4.91. The summed E-state index contributed by atoms with van der Waals surface area (Å²) in [6, 6.07) is 13.7. The van der Waals surface area contributed by atoms with E-state index in [1.807, 2.05) is 30.3 Å². The fourth-order valence-electron chi connectivity index (χ4n) is 9.85. The molecule has 2 aliphatic carbocycles. The average molecular weight is 727 g/mol. The van der Waals surface area contributed by atoms with Crippen LogP contribution < -0.4 is 4.74 Å². The van der Waals surface area contributed by atoms with Crippen molar-refractivity contribution in [2.75, 3.05) is 26.4 Å². The predicted molar refractivity (Wildman–Crippen MR) is 193 cm³/mol. The Labute approximate surface area is 307 Å². The van der Waals surface area contributed by atoms with Crippen LogP contribution in [-0.2, 0) is 20.6 Å². The first-order valence-electron chi connectivity index (χ1n) is 18.6. The minimum Gasteiger partial charge on any atom is -0.506 e. The van der Waals surface area contributed by atoms with Gasteiger partial charge in [-0.1, -0.05) is 49.4 Å². The number of aromatic carboxylic acids is 1. The molecule has 2 saturated heterocycles. The molecule has 9 unspecified atom stereocenters. The highest BCUT2D eigenvalue weighted by Crippen LogP contribution is 2.57. The lowest BCUT2D eigenvalue weighted by atomic mass is 9.58. The number of ether oxygens (including phenoxy) is 4. The van der Waals surface area contributed by atoms with Crippen LogP contribution in [0.4, 0.5) is 0 Å². The summed E-state index contributed by atoms with van der Waals surface area (Å²) in [5.41, 5.74) is 3.52. The Morgan fingerprint density at radius 1 is 1.08 bits per heavy atom. The van der Waals surface area contributed by atoms with Crippen molar-refractivity contribution in [3.8, 4) is 11.5 Å². The van der Waals surface area contributed by atoms with Gasteiger partial charge in [-0.25, -0.2) is 4.79 Å². The molecular formula is C42H46O11. The molecule has 1 saturated carbocycles. The monoisotopic (exact) mass is 726 g/mol. The van der Waals surface area contributed by atoms with Crippen molar-refractivity contribution < 1.29 is 54.1 Å². The van der Waals surface area contributed by atoms with Crippen LogP contribution in [0.1, 0.15) is 64.4 Å². The number of allylic oxidation sites excluding steroid dienone is 2. The third-order valence-electron chi connectivity index (χ3n) is 12.5. The summed E-state index contributed by atoms with van der Waals surface area (Å²) < 4.78 is 25.0. The van der Waals surface area contributed by atoms with Crippen molar-refractivity contribution in [2.45, 2.75) is 76.2 Å². The van der Waals surface area contributed by atoms with Gasteiger partial charge in [0.25, 0.3) is 0 Å². The summed E-state index contributed by atoms with van der Waals surface area (Å²) in [6.07, 6.45) is -1.17. The molecule has 0 aromatic heterocycles. The molecule has 9 atom stereocenters. The minimum atomic E-state index is -1.70. The minimum absolute atomic E-state index is 0.00760. The van der Waals surface area contributed by atoms with Crippen molar-refractivity contribution in [1.29, 1.82) is 0 Å². The normalized spacial score (nSPS) is 32.2. The highest BCUT2D eigenvalue weighted by molar-refractivity contribution is 6.09. The maximum absolute atomic E-state index is 13.6. The van der Waals surface area contributed by atoms with Crippen LogP contribution in [0.25, 0.3) is 10.8 Å². The summed E-state index contributed by atoms with van der Waals surface area (Å²) >= 11 is 0. The van der Waals surface area contributed by atoms with E-state index in [1.54, 1.807) is 13.0 Å². The van der Waals surface area contributed by atoms with E-state index in [2.05, 4.69) is 13.0 Å². The Kier molecular flexibility index (Phi) is 9.45. The van der Waals surface area contributed by atoms with Crippen LogP contribution in [0, 0.1) is 30.6 Å². The van der Waals surface area contributed by atoms with E-state index in [1.165, 1.54) is 23.3 Å². The summed E-state index contributed by atoms with van der Waals surface area (Å²) in [5, 5.41) is 56.6. The number of phenolic OH excluding ortho intramolecular Hbond substituents is 1. The van der Waals surface area contributed by atoms with E-state index >= 15 is 0 Å².